The molecule has 0 saturated heterocycles. The molecule has 3 rings (SSSR count). The molecule has 0 unspecified atom stereocenters. The third-order valence-electron chi connectivity index (χ3n) is 6.30. The molecule has 0 aliphatic rings. The van der Waals surface area contributed by atoms with Crippen molar-refractivity contribution < 1.29 is 18.4 Å². The summed E-state index contributed by atoms with van der Waals surface area (Å²) in [7, 11) is -2.57. The maximum atomic E-state index is 12.2. The van der Waals surface area contributed by atoms with Gasteiger partial charge >= 0.3 is 5.97 Å². The van der Waals surface area contributed by atoms with E-state index in [-0.39, 0.29) is 11.0 Å². The summed E-state index contributed by atoms with van der Waals surface area (Å²) >= 11 is 0. The van der Waals surface area contributed by atoms with Crippen molar-refractivity contribution in [2.24, 2.45) is 0 Å². The fourth-order valence-electron chi connectivity index (χ4n) is 4.62. The first-order valence-electron chi connectivity index (χ1n) is 12.4. The Hall–Kier alpha value is -2.89. The van der Waals surface area contributed by atoms with Crippen LogP contribution in [0.2, 0.25) is 5.04 Å². The maximum Gasteiger partial charge on any atom is 0.306 e. The van der Waals surface area contributed by atoms with Crippen LogP contribution in [0.25, 0.3) is 0 Å². The van der Waals surface area contributed by atoms with E-state index in [0.717, 1.165) is 24.0 Å². The van der Waals surface area contributed by atoms with Gasteiger partial charge in [-0.1, -0.05) is 94.9 Å². The Balaban J connectivity index is 1.77. The number of benzene rings is 2. The highest BCUT2D eigenvalue weighted by Gasteiger charge is 2.49. The van der Waals surface area contributed by atoms with Crippen LogP contribution in [0.1, 0.15) is 65.0 Å². The van der Waals surface area contributed by atoms with Crippen molar-refractivity contribution in [1.29, 1.82) is 0 Å². The first-order valence-corrected chi connectivity index (χ1v) is 14.3. The average Bonchev–Trinajstić information content (AvgIpc) is 3.38. The summed E-state index contributed by atoms with van der Waals surface area (Å²) < 4.78 is 18.0. The lowest BCUT2D eigenvalue weighted by molar-refractivity contribution is -0.147. The van der Waals surface area contributed by atoms with Crippen molar-refractivity contribution in [2.45, 2.75) is 64.5 Å². The number of hydrogen-bond acceptors (Lipinski definition) is 4. The van der Waals surface area contributed by atoms with Crippen molar-refractivity contribution in [3.05, 3.63) is 97.0 Å². The Bertz CT molecular complexity index is 1010. The molecule has 4 nitrogen and oxygen atoms in total. The molecule has 3 aromatic rings. The Morgan fingerprint density at radius 3 is 2.06 bits per heavy atom. The van der Waals surface area contributed by atoms with Gasteiger partial charge in [0.15, 0.2) is 6.10 Å². The smallest absolute Gasteiger partial charge is 0.306 e. The third-order valence-corrected chi connectivity index (χ3v) is 11.3. The Morgan fingerprint density at radius 1 is 0.971 bits per heavy atom. The Kier molecular flexibility index (Phi) is 9.30. The van der Waals surface area contributed by atoms with Crippen LogP contribution in [0.15, 0.2) is 95.8 Å². The van der Waals surface area contributed by atoms with Gasteiger partial charge in [0.1, 0.15) is 0 Å². The fraction of sp³-hybridized carbons (Fsp3) is 0.367. The number of ether oxygens (including phenoxy) is 1. The minimum absolute atomic E-state index is 0.0677. The molecule has 0 aliphatic carbocycles. The van der Waals surface area contributed by atoms with Crippen molar-refractivity contribution in [3.8, 4) is 0 Å². The van der Waals surface area contributed by atoms with Gasteiger partial charge in [0.25, 0.3) is 8.32 Å². The summed E-state index contributed by atoms with van der Waals surface area (Å²) in [6, 6.07) is 23.1. The lowest BCUT2D eigenvalue weighted by Crippen LogP contribution is -2.66. The third kappa shape index (κ3) is 6.41. The molecule has 1 atom stereocenters. The molecule has 0 aliphatic heterocycles. The summed E-state index contributed by atoms with van der Waals surface area (Å²) in [5.74, 6) is -0.219. The minimum Gasteiger partial charge on any atom is -0.472 e. The van der Waals surface area contributed by atoms with E-state index < -0.39 is 14.4 Å². The average molecular weight is 491 g/mol. The van der Waals surface area contributed by atoms with Gasteiger partial charge in [0, 0.05) is 18.6 Å². The fourth-order valence-corrected chi connectivity index (χ4v) is 9.23. The number of furan rings is 1. The van der Waals surface area contributed by atoms with E-state index in [1.54, 1.807) is 12.5 Å². The number of esters is 1. The Morgan fingerprint density at radius 2 is 1.57 bits per heavy atom. The summed E-state index contributed by atoms with van der Waals surface area (Å²) in [6.07, 6.45) is 5.31. The Labute approximate surface area is 211 Å². The molecule has 5 heteroatoms. The second-order valence-corrected chi connectivity index (χ2v) is 14.3. The molecule has 0 saturated carbocycles. The molecule has 0 radical (unpaired) electrons. The van der Waals surface area contributed by atoms with Crippen molar-refractivity contribution in [1.82, 2.24) is 0 Å². The van der Waals surface area contributed by atoms with E-state index >= 15 is 0 Å². The first-order chi connectivity index (χ1) is 16.8. The van der Waals surface area contributed by atoms with E-state index in [1.807, 2.05) is 13.0 Å². The van der Waals surface area contributed by atoms with E-state index in [0.29, 0.717) is 19.4 Å². The standard InChI is InChI=1S/C30H38O4Si/c1-6-14-28(31)34-29(25-20-22-32-23-25)24(2)15-13-21-33-35(30(3,4)5,26-16-9-7-10-17-26)27-18-11-8-12-19-27/h7-12,16-20,22-23,29H,2,6,13-15,21H2,1,3-5H3/t29-/m0/s1. The molecule has 2 aromatic carbocycles. The highest BCUT2D eigenvalue weighted by Crippen LogP contribution is 2.37. The molecule has 1 heterocycles. The van der Waals surface area contributed by atoms with Gasteiger partial charge in [0.2, 0.25) is 0 Å². The lowest BCUT2D eigenvalue weighted by atomic mass is 10.0. The monoisotopic (exact) mass is 490 g/mol. The van der Waals surface area contributed by atoms with Crippen LogP contribution < -0.4 is 10.4 Å². The van der Waals surface area contributed by atoms with Gasteiger partial charge in [-0.25, -0.2) is 0 Å². The van der Waals surface area contributed by atoms with Crippen LogP contribution in [0, 0.1) is 0 Å². The molecular formula is C30H38O4Si. The molecule has 1 aromatic heterocycles. The maximum absolute atomic E-state index is 12.2. The van der Waals surface area contributed by atoms with Gasteiger partial charge in [-0.05, 0) is 46.3 Å². The number of hydrogen-bond donors (Lipinski definition) is 0. The van der Waals surface area contributed by atoms with Gasteiger partial charge in [-0.3, -0.25) is 4.79 Å². The molecule has 0 N–H and O–H groups in total. The van der Waals surface area contributed by atoms with Gasteiger partial charge in [-0.15, -0.1) is 0 Å². The number of carbonyl (C=O) groups excluding carboxylic acids is 1. The molecule has 0 amide bonds. The first kappa shape index (κ1) is 26.7. The van der Waals surface area contributed by atoms with Crippen LogP contribution in [-0.2, 0) is 14.0 Å². The SMILES string of the molecule is C=C(CCCO[Si](c1ccccc1)(c1ccccc1)C(C)(C)C)[C@H](OC(=O)CCC)c1ccoc1. The van der Waals surface area contributed by atoms with E-state index in [9.17, 15) is 4.79 Å². The second kappa shape index (κ2) is 12.2. The summed E-state index contributed by atoms with van der Waals surface area (Å²) in [6.45, 7) is 13.6. The van der Waals surface area contributed by atoms with Crippen LogP contribution in [-0.4, -0.2) is 20.9 Å². The van der Waals surface area contributed by atoms with E-state index in [4.69, 9.17) is 13.6 Å². The quantitative estimate of drug-likeness (QED) is 0.125. The van der Waals surface area contributed by atoms with Crippen LogP contribution in [0.5, 0.6) is 0 Å². The number of rotatable bonds is 12. The lowest BCUT2D eigenvalue weighted by Gasteiger charge is -2.43. The number of carbonyl (C=O) groups is 1. The molecule has 186 valence electrons. The van der Waals surface area contributed by atoms with E-state index in [2.05, 4.69) is 88.0 Å². The largest absolute Gasteiger partial charge is 0.472 e. The van der Waals surface area contributed by atoms with Crippen molar-refractivity contribution in [2.75, 3.05) is 6.61 Å². The van der Waals surface area contributed by atoms with Crippen molar-refractivity contribution in [3.63, 3.8) is 0 Å². The zero-order valence-electron chi connectivity index (χ0n) is 21.5. The van der Waals surface area contributed by atoms with Crippen LogP contribution in [0.4, 0.5) is 0 Å². The molecule has 0 fully saturated rings. The van der Waals surface area contributed by atoms with E-state index in [1.165, 1.54) is 10.4 Å². The van der Waals surface area contributed by atoms with Crippen molar-refractivity contribution >= 4 is 24.7 Å². The molecule has 0 bridgehead atoms. The minimum atomic E-state index is -2.57. The van der Waals surface area contributed by atoms with Gasteiger partial charge in [-0.2, -0.15) is 0 Å². The normalized spacial score (nSPS) is 12.8. The zero-order valence-corrected chi connectivity index (χ0v) is 22.5. The second-order valence-electron chi connectivity index (χ2n) is 9.95. The van der Waals surface area contributed by atoms with Gasteiger partial charge in [0.05, 0.1) is 12.5 Å². The predicted molar refractivity (Wildman–Crippen MR) is 144 cm³/mol. The van der Waals surface area contributed by atoms with Crippen LogP contribution >= 0.6 is 0 Å². The van der Waals surface area contributed by atoms with Gasteiger partial charge < -0.3 is 13.6 Å². The predicted octanol–water partition coefficient (Wildman–Crippen LogP) is 6.58. The highest BCUT2D eigenvalue weighted by atomic mass is 28.4. The highest BCUT2D eigenvalue weighted by molar-refractivity contribution is 6.99. The summed E-state index contributed by atoms with van der Waals surface area (Å²) in [5.41, 5.74) is 1.66. The topological polar surface area (TPSA) is 48.7 Å². The molecule has 35 heavy (non-hydrogen) atoms. The zero-order chi connectivity index (χ0) is 25.3. The van der Waals surface area contributed by atoms with Crippen LogP contribution in [0.3, 0.4) is 0 Å². The summed E-state index contributed by atoms with van der Waals surface area (Å²) in [5, 5.41) is 2.46. The summed E-state index contributed by atoms with van der Waals surface area (Å²) in [4.78, 5) is 12.2. The molecule has 0 spiro atoms. The molecular weight excluding hydrogens is 452 g/mol.